The van der Waals surface area contributed by atoms with Gasteiger partial charge in [0, 0.05) is 34.6 Å². The van der Waals surface area contributed by atoms with Crippen LogP contribution in [0, 0.1) is 0 Å². The summed E-state index contributed by atoms with van der Waals surface area (Å²) in [6.45, 7) is -6.07. The van der Waals surface area contributed by atoms with E-state index in [-0.39, 0.29) is 0 Å². The van der Waals surface area contributed by atoms with Crippen LogP contribution in [0.2, 0.25) is 0 Å². The Morgan fingerprint density at radius 2 is 0.659 bits per heavy atom. The van der Waals surface area contributed by atoms with E-state index >= 15 is 0 Å². The second-order valence-electron chi connectivity index (χ2n) is 32.0. The maximum absolute atomic E-state index is 13.3. The average Bonchev–Trinajstić information content (AvgIpc) is 0.743. The summed E-state index contributed by atoms with van der Waals surface area (Å²) >= 11 is 0. The highest BCUT2D eigenvalue weighted by atomic mass is 32.3. The Balaban J connectivity index is 1.08. The van der Waals surface area contributed by atoms with Gasteiger partial charge in [-0.15, -0.1) is 0 Å². The highest BCUT2D eigenvalue weighted by molar-refractivity contribution is 7.80. The van der Waals surface area contributed by atoms with Gasteiger partial charge in [-0.3, -0.25) is 28.5 Å². The van der Waals surface area contributed by atoms with E-state index in [0.29, 0.717) is 0 Å². The number of carbonyl (C=O) groups excluding carboxylic acids is 5. The van der Waals surface area contributed by atoms with E-state index in [4.69, 9.17) is 85.3 Å². The van der Waals surface area contributed by atoms with Crippen LogP contribution < -0.4 is 26.6 Å². The number of carbonyl (C=O) groups is 5. The van der Waals surface area contributed by atoms with Crippen LogP contribution in [0.15, 0.2) is 0 Å². The SMILES string of the molecule is CC(=O)N[C@H]1[C@H](O[C@H]2[C@H](O)[C@@H](NC(C)=O)[C@H](O[C@@H]3[C@@H](O[C@@H]4[C@H](O)[C@H](O[C@H]5[C@H](O)[C@@H](NC(C)=O)[C@H](O[C@@H]([C@H](O)[C@H](CO)NC(C)=O)[C@H](O)CO[C@@H]6O[C@@H](C)[C@@H](O)[C@@H](O)[C@@H]6O)O[C@@H]5CO)O[C@H](CO[C@H]5O[C@H](CO)[C@@H](O)[C@H](O)[C@@H]5O[C@@H]5O[C@H](CO)[C@@H](O[C@@H]6O[C@H](CO)[C@H](O)[C@H](O)[C@H]6O)[C@H](O)[C@H]5NC(C)=O)[C@H]4O)O[C@H](CO)[C@@H](O)[C@@H]3O)O[C@@H]2CO)O[C@H](CO)[C@H](OS(=O)(=O)O)[C@@H]1O. The Morgan fingerprint density at radius 1 is 0.326 bits per heavy atom. The molecular weight excluding hydrogens is 1790 g/mol. The standard InChI is InChI=1S/C70H119N5O53S/c1-17-37(90)47(100)51(104)66(112-17)110-15-24(89)54(38(91)23(7-76)71-18(2)84)121-62-33(72-19(3)85)44(97)57(30(13-82)116-62)124-68-53(106)59(42(95)32(120-68)16-111-69-60(49(102)40(93)26(9-78)114-69)126-64-35(74-21(5)87)45(98)56(29(12-81)118-64)123-67-52(105)48(101)39(92)25(8-77)113-67)125-70-61(50(103)41(94)27(10-79)115-70)127-65-34(73-20(4)86)43(96)55(28(11-80)117-65)122-63-36(75-22(6)88)46(99)58(31(14-83)119-63)128-129(107,108)109/h17,23-70,76-83,89-106H,7-16H2,1-6H3,(H,71,84)(H,72,85)(H,73,86)(H,74,87)(H,75,88)(H,107,108,109)/t17-,23-,24+,25+,26+,27+,28+,29+,30+,31+,32+,33+,34+,35+,36+,37+,38+,39-,40+,41+,42+,43+,44+,45+,46+,47+,48-,49-,50-,51-,52+,53-,54+,55+,56+,57+,58-,59-,60-,61-,62-,63-,64-,65-,66+,67-,68-,69-,70+/m0/s1. The molecule has 9 rings (SSSR count). The molecule has 58 nitrogen and oxygen atoms in total. The first-order valence-electron chi connectivity index (χ1n) is 40.6. The van der Waals surface area contributed by atoms with E-state index in [0.717, 1.165) is 34.6 Å². The third kappa shape index (κ3) is 25.7. The van der Waals surface area contributed by atoms with Crippen LogP contribution in [-0.4, -0.2) is 542 Å². The van der Waals surface area contributed by atoms with Crippen molar-refractivity contribution in [2.24, 2.45) is 0 Å². The van der Waals surface area contributed by atoms with Crippen molar-refractivity contribution in [1.29, 1.82) is 0 Å². The summed E-state index contributed by atoms with van der Waals surface area (Å²) in [5.41, 5.74) is 0. The summed E-state index contributed by atoms with van der Waals surface area (Å²) < 4.78 is 145. The molecule has 9 saturated heterocycles. The Labute approximate surface area is 731 Å². The van der Waals surface area contributed by atoms with Gasteiger partial charge in [0.05, 0.1) is 78.2 Å². The third-order valence-electron chi connectivity index (χ3n) is 22.7. The smallest absolute Gasteiger partial charge is 0.394 e. The van der Waals surface area contributed by atoms with Gasteiger partial charge < -0.3 is 245 Å². The van der Waals surface area contributed by atoms with E-state index in [9.17, 15) is 170 Å². The number of hydrogen-bond donors (Lipinski definition) is 32. The molecule has 9 aliphatic heterocycles. The Kier molecular flexibility index (Phi) is 39.8. The maximum atomic E-state index is 13.3. The maximum Gasteiger partial charge on any atom is 0.397 e. The van der Waals surface area contributed by atoms with Crippen LogP contribution in [0.5, 0.6) is 0 Å². The third-order valence-corrected chi connectivity index (χ3v) is 23.1. The molecule has 0 aliphatic carbocycles. The fourth-order valence-electron chi connectivity index (χ4n) is 16.0. The molecule has 59 heteroatoms. The molecule has 0 bridgehead atoms. The topological polar surface area (TPSA) is 901 Å². The van der Waals surface area contributed by atoms with E-state index in [1.807, 2.05) is 0 Å². The van der Waals surface area contributed by atoms with Gasteiger partial charge in [-0.05, 0) is 6.92 Å². The normalized spacial score (nSPS) is 45.1. The first kappa shape index (κ1) is 108. The summed E-state index contributed by atoms with van der Waals surface area (Å²) in [5, 5.41) is 304. The number of aliphatic hydroxyl groups excluding tert-OH is 26. The Morgan fingerprint density at radius 3 is 1.08 bits per heavy atom. The predicted octanol–water partition coefficient (Wildman–Crippen LogP) is -21.6. The molecule has 32 N–H and O–H groups in total. The highest BCUT2D eigenvalue weighted by Gasteiger charge is 2.62. The van der Waals surface area contributed by atoms with Gasteiger partial charge in [-0.25, -0.2) is 4.18 Å². The molecule has 9 aliphatic rings. The lowest BCUT2D eigenvalue weighted by atomic mass is 9.94. The first-order valence-corrected chi connectivity index (χ1v) is 41.9. The Bertz CT molecular complexity index is 3650. The number of hydrogen-bond acceptors (Lipinski definition) is 52. The zero-order chi connectivity index (χ0) is 95.7. The molecule has 9 heterocycles. The number of aliphatic hydroxyl groups is 26. The number of ether oxygens (including phenoxy) is 18. The zero-order valence-electron chi connectivity index (χ0n) is 69.5. The van der Waals surface area contributed by atoms with E-state index in [1.54, 1.807) is 0 Å². The van der Waals surface area contributed by atoms with Gasteiger partial charge in [-0.2, -0.15) is 8.42 Å². The summed E-state index contributed by atoms with van der Waals surface area (Å²) in [4.78, 5) is 64.3. The van der Waals surface area contributed by atoms with Gasteiger partial charge in [-0.1, -0.05) is 0 Å². The van der Waals surface area contributed by atoms with Crippen LogP contribution in [0.1, 0.15) is 41.5 Å². The van der Waals surface area contributed by atoms with Crippen LogP contribution >= 0.6 is 0 Å². The minimum Gasteiger partial charge on any atom is -0.394 e. The number of nitrogens with one attached hydrogen (secondary N) is 5. The lowest BCUT2D eigenvalue weighted by Crippen LogP contribution is -2.71. The molecule has 0 aromatic heterocycles. The highest BCUT2D eigenvalue weighted by Crippen LogP contribution is 2.41. The van der Waals surface area contributed by atoms with Crippen molar-refractivity contribution in [2.75, 3.05) is 66.1 Å². The second-order valence-corrected chi connectivity index (χ2v) is 33.0. The lowest BCUT2D eigenvalue weighted by Gasteiger charge is -2.51. The molecule has 49 atom stereocenters. The van der Waals surface area contributed by atoms with Crippen molar-refractivity contribution in [2.45, 2.75) is 342 Å². The molecule has 9 fully saturated rings. The molecular formula is C70H119N5O53S. The van der Waals surface area contributed by atoms with Crippen LogP contribution in [0.25, 0.3) is 0 Å². The molecule has 0 unspecified atom stereocenters. The van der Waals surface area contributed by atoms with Crippen molar-refractivity contribution in [1.82, 2.24) is 26.6 Å². The molecule has 0 radical (unpaired) electrons. The quantitative estimate of drug-likeness (QED) is 0.0255. The summed E-state index contributed by atoms with van der Waals surface area (Å²) in [6, 6.07) is -9.91. The van der Waals surface area contributed by atoms with Gasteiger partial charge in [0.15, 0.2) is 56.6 Å². The fraction of sp³-hybridized carbons (Fsp3) is 0.929. The van der Waals surface area contributed by atoms with Crippen LogP contribution in [0.4, 0.5) is 0 Å². The van der Waals surface area contributed by atoms with Crippen LogP contribution in [0.3, 0.4) is 0 Å². The van der Waals surface area contributed by atoms with Crippen molar-refractivity contribution in [3.05, 3.63) is 0 Å². The Hall–Kier alpha value is -4.54. The molecule has 0 aromatic rings. The number of amides is 5. The van der Waals surface area contributed by atoms with Gasteiger partial charge >= 0.3 is 10.4 Å². The monoisotopic (exact) mass is 1910 g/mol. The molecule has 5 amide bonds. The fourth-order valence-corrected chi connectivity index (χ4v) is 16.5. The molecule has 748 valence electrons. The molecule has 129 heavy (non-hydrogen) atoms. The van der Waals surface area contributed by atoms with Gasteiger partial charge in [0.2, 0.25) is 29.5 Å². The zero-order valence-corrected chi connectivity index (χ0v) is 70.3. The van der Waals surface area contributed by atoms with Gasteiger partial charge in [0.25, 0.3) is 0 Å². The summed E-state index contributed by atoms with van der Waals surface area (Å²) in [5.74, 6) is -4.93. The minimum atomic E-state index is -5.46. The average molecular weight is 1910 g/mol. The van der Waals surface area contributed by atoms with Crippen molar-refractivity contribution in [3.63, 3.8) is 0 Å². The van der Waals surface area contributed by atoms with Gasteiger partial charge in [0.1, 0.15) is 232 Å². The van der Waals surface area contributed by atoms with Crippen LogP contribution in [-0.2, 0) is 124 Å². The largest absolute Gasteiger partial charge is 0.397 e. The lowest BCUT2D eigenvalue weighted by molar-refractivity contribution is -0.398. The molecule has 0 aromatic carbocycles. The van der Waals surface area contributed by atoms with Crippen molar-refractivity contribution >= 4 is 39.9 Å². The molecule has 0 spiro atoms. The summed E-state index contributed by atoms with van der Waals surface area (Å²) in [7, 11) is -5.46. The van der Waals surface area contributed by atoms with E-state index in [1.165, 1.54) is 6.92 Å². The number of rotatable bonds is 38. The van der Waals surface area contributed by atoms with Crippen molar-refractivity contribution < 1.29 is 259 Å². The minimum absolute atomic E-state index is 0.871. The first-order chi connectivity index (χ1) is 60.7. The van der Waals surface area contributed by atoms with E-state index < -0.39 is 406 Å². The molecule has 0 saturated carbocycles. The predicted molar refractivity (Wildman–Crippen MR) is 399 cm³/mol. The van der Waals surface area contributed by atoms with Crippen molar-refractivity contribution in [3.8, 4) is 0 Å². The summed E-state index contributed by atoms with van der Waals surface area (Å²) in [6.07, 6.45) is -95.3. The second kappa shape index (κ2) is 47.5. The van der Waals surface area contributed by atoms with E-state index in [2.05, 4.69) is 30.8 Å².